The molecular formula is C8Cl6N2. The summed E-state index contributed by atoms with van der Waals surface area (Å²) in [6.07, 6.45) is 0. The second-order valence-electron chi connectivity index (χ2n) is 2.76. The molecule has 8 heteroatoms. The third kappa shape index (κ3) is 1.92. The van der Waals surface area contributed by atoms with Gasteiger partial charge in [0.05, 0.1) is 20.1 Å². The molecule has 0 fully saturated rings. The number of benzene rings is 1. The first-order valence-corrected chi connectivity index (χ1v) is 6.05. The molecule has 0 aliphatic rings. The van der Waals surface area contributed by atoms with Gasteiger partial charge in [0.15, 0.2) is 10.3 Å². The average molecular weight is 337 g/mol. The molecule has 0 radical (unpaired) electrons. The Morgan fingerprint density at radius 2 is 0.812 bits per heavy atom. The summed E-state index contributed by atoms with van der Waals surface area (Å²) in [5.41, 5.74) is 0.519. The van der Waals surface area contributed by atoms with Crippen molar-refractivity contribution < 1.29 is 0 Å². The number of fused-ring (bicyclic) bond motifs is 1. The molecule has 2 aromatic rings. The van der Waals surface area contributed by atoms with Gasteiger partial charge in [-0.1, -0.05) is 69.6 Å². The molecule has 1 heterocycles. The molecular weight excluding hydrogens is 337 g/mol. The number of hydrogen-bond acceptors (Lipinski definition) is 2. The molecule has 2 rings (SSSR count). The first kappa shape index (κ1) is 12.7. The summed E-state index contributed by atoms with van der Waals surface area (Å²) in [6, 6.07) is 0. The van der Waals surface area contributed by atoms with Crippen LogP contribution in [-0.4, -0.2) is 9.97 Å². The zero-order valence-corrected chi connectivity index (χ0v) is 11.7. The lowest BCUT2D eigenvalue weighted by atomic mass is 10.3. The first-order valence-electron chi connectivity index (χ1n) is 3.78. The molecule has 0 aliphatic carbocycles. The van der Waals surface area contributed by atoms with E-state index in [9.17, 15) is 0 Å². The predicted octanol–water partition coefficient (Wildman–Crippen LogP) is 5.55. The van der Waals surface area contributed by atoms with Crippen molar-refractivity contribution in [1.82, 2.24) is 9.97 Å². The Morgan fingerprint density at radius 1 is 0.500 bits per heavy atom. The fraction of sp³-hybridized carbons (Fsp3) is 0. The summed E-state index contributed by atoms with van der Waals surface area (Å²) in [5.74, 6) is 0. The van der Waals surface area contributed by atoms with Crippen LogP contribution in [-0.2, 0) is 0 Å². The largest absolute Gasteiger partial charge is 0.229 e. The Bertz CT molecular complexity index is 545. The average Bonchev–Trinajstić information content (AvgIpc) is 2.26. The Labute approximate surface area is 120 Å². The maximum atomic E-state index is 5.95. The lowest BCUT2D eigenvalue weighted by Gasteiger charge is -2.07. The maximum Gasteiger partial charge on any atom is 0.167 e. The van der Waals surface area contributed by atoms with Gasteiger partial charge in [-0.15, -0.1) is 0 Å². The van der Waals surface area contributed by atoms with Crippen molar-refractivity contribution in [3.63, 3.8) is 0 Å². The molecule has 0 amide bonds. The topological polar surface area (TPSA) is 25.8 Å². The minimum absolute atomic E-state index is 0.0190. The van der Waals surface area contributed by atoms with Crippen LogP contribution in [0.4, 0.5) is 0 Å². The molecule has 0 saturated heterocycles. The van der Waals surface area contributed by atoms with E-state index < -0.39 is 0 Å². The third-order valence-corrected chi connectivity index (χ3v) is 4.21. The van der Waals surface area contributed by atoms with Gasteiger partial charge in [-0.2, -0.15) is 0 Å². The van der Waals surface area contributed by atoms with Crippen LogP contribution in [0.15, 0.2) is 0 Å². The van der Waals surface area contributed by atoms with Gasteiger partial charge < -0.3 is 0 Å². The minimum atomic E-state index is 0.0190. The van der Waals surface area contributed by atoms with Crippen LogP contribution >= 0.6 is 69.6 Å². The van der Waals surface area contributed by atoms with Crippen molar-refractivity contribution >= 4 is 80.6 Å². The number of rotatable bonds is 0. The summed E-state index contributed by atoms with van der Waals surface area (Å²) < 4.78 is 0. The van der Waals surface area contributed by atoms with Gasteiger partial charge in [0, 0.05) is 0 Å². The summed E-state index contributed by atoms with van der Waals surface area (Å²) in [7, 11) is 0. The van der Waals surface area contributed by atoms with Crippen LogP contribution in [0.3, 0.4) is 0 Å². The maximum absolute atomic E-state index is 5.95. The fourth-order valence-corrected chi connectivity index (χ4v) is 2.27. The molecule has 0 aliphatic heterocycles. The minimum Gasteiger partial charge on any atom is -0.229 e. The normalized spacial score (nSPS) is 11.1. The first-order chi connectivity index (χ1) is 7.43. The van der Waals surface area contributed by atoms with E-state index in [1.54, 1.807) is 0 Å². The molecule has 0 atom stereocenters. The van der Waals surface area contributed by atoms with Gasteiger partial charge in [-0.05, 0) is 0 Å². The Kier molecular flexibility index (Phi) is 3.60. The van der Waals surface area contributed by atoms with E-state index in [-0.39, 0.29) is 41.4 Å². The molecule has 0 saturated carbocycles. The van der Waals surface area contributed by atoms with E-state index in [1.165, 1.54) is 0 Å². The third-order valence-electron chi connectivity index (χ3n) is 1.81. The van der Waals surface area contributed by atoms with Gasteiger partial charge in [-0.3, -0.25) is 0 Å². The molecule has 0 N–H and O–H groups in total. The van der Waals surface area contributed by atoms with Gasteiger partial charge >= 0.3 is 0 Å². The van der Waals surface area contributed by atoms with Crippen LogP contribution < -0.4 is 0 Å². The molecule has 16 heavy (non-hydrogen) atoms. The monoisotopic (exact) mass is 334 g/mol. The van der Waals surface area contributed by atoms with Crippen LogP contribution in [0.5, 0.6) is 0 Å². The van der Waals surface area contributed by atoms with Crippen molar-refractivity contribution in [2.75, 3.05) is 0 Å². The number of hydrogen-bond donors (Lipinski definition) is 0. The molecule has 1 aromatic heterocycles. The summed E-state index contributed by atoms with van der Waals surface area (Å²) in [4.78, 5) is 7.90. The molecule has 2 nitrogen and oxygen atoms in total. The van der Waals surface area contributed by atoms with Gasteiger partial charge in [0.2, 0.25) is 0 Å². The number of halogens is 6. The standard InChI is InChI=1S/C8Cl6N2/c9-1-2(10)4(12)6-5(3(1)11)15-7(13)8(14)16-6. The number of aromatic nitrogens is 2. The highest BCUT2D eigenvalue weighted by Crippen LogP contribution is 2.42. The Hall–Kier alpha value is 0.300. The van der Waals surface area contributed by atoms with E-state index in [2.05, 4.69) is 9.97 Å². The highest BCUT2D eigenvalue weighted by Gasteiger charge is 2.18. The lowest BCUT2D eigenvalue weighted by molar-refractivity contribution is 1.29. The smallest absolute Gasteiger partial charge is 0.167 e. The van der Waals surface area contributed by atoms with E-state index in [0.717, 1.165) is 0 Å². The lowest BCUT2D eigenvalue weighted by Crippen LogP contribution is -1.90. The predicted molar refractivity (Wildman–Crippen MR) is 69.6 cm³/mol. The van der Waals surface area contributed by atoms with E-state index >= 15 is 0 Å². The van der Waals surface area contributed by atoms with Gasteiger partial charge in [0.25, 0.3) is 0 Å². The zero-order chi connectivity index (χ0) is 12.0. The number of nitrogens with zero attached hydrogens (tertiary/aromatic N) is 2. The van der Waals surface area contributed by atoms with Gasteiger partial charge in [0.1, 0.15) is 11.0 Å². The van der Waals surface area contributed by atoms with Crippen LogP contribution in [0.1, 0.15) is 0 Å². The summed E-state index contributed by atoms with van der Waals surface area (Å²) in [5, 5.41) is 0.521. The van der Waals surface area contributed by atoms with E-state index in [0.29, 0.717) is 0 Å². The van der Waals surface area contributed by atoms with Crippen molar-refractivity contribution in [3.8, 4) is 0 Å². The SMILES string of the molecule is Clc1nc2c(Cl)c(Cl)c(Cl)c(Cl)c2nc1Cl. The summed E-state index contributed by atoms with van der Waals surface area (Å²) >= 11 is 35.1. The van der Waals surface area contributed by atoms with E-state index in [1.807, 2.05) is 0 Å². The van der Waals surface area contributed by atoms with Gasteiger partial charge in [-0.25, -0.2) is 9.97 Å². The molecule has 0 bridgehead atoms. The second-order valence-corrected chi connectivity index (χ2v) is 4.99. The van der Waals surface area contributed by atoms with Crippen LogP contribution in [0.25, 0.3) is 11.0 Å². The van der Waals surface area contributed by atoms with Crippen molar-refractivity contribution in [1.29, 1.82) is 0 Å². The highest BCUT2D eigenvalue weighted by atomic mass is 35.5. The van der Waals surface area contributed by atoms with Crippen molar-refractivity contribution in [2.24, 2.45) is 0 Å². The molecule has 0 unspecified atom stereocenters. The molecule has 84 valence electrons. The molecule has 0 spiro atoms. The quantitative estimate of drug-likeness (QED) is 0.465. The Morgan fingerprint density at radius 3 is 1.12 bits per heavy atom. The second kappa shape index (κ2) is 4.52. The van der Waals surface area contributed by atoms with Crippen molar-refractivity contribution in [2.45, 2.75) is 0 Å². The fourth-order valence-electron chi connectivity index (χ4n) is 1.10. The summed E-state index contributed by atoms with van der Waals surface area (Å²) in [6.45, 7) is 0. The highest BCUT2D eigenvalue weighted by molar-refractivity contribution is 6.55. The Balaban J connectivity index is 3.02. The van der Waals surface area contributed by atoms with Crippen LogP contribution in [0.2, 0.25) is 30.4 Å². The molecule has 1 aromatic carbocycles. The zero-order valence-electron chi connectivity index (χ0n) is 7.16. The van der Waals surface area contributed by atoms with Crippen molar-refractivity contribution in [3.05, 3.63) is 30.4 Å². The van der Waals surface area contributed by atoms with E-state index in [4.69, 9.17) is 69.6 Å². The van der Waals surface area contributed by atoms with Crippen LogP contribution in [0, 0.1) is 0 Å².